The highest BCUT2D eigenvalue weighted by Gasteiger charge is 2.39. The molecule has 1 saturated carbocycles. The summed E-state index contributed by atoms with van der Waals surface area (Å²) in [6, 6.07) is 0.533. The van der Waals surface area contributed by atoms with Gasteiger partial charge in [0.25, 0.3) is 0 Å². The number of nitrogens with one attached hydrogen (secondary N) is 1. The SMILES string of the molecule is COC(=O)CCCNC1CCC(CN)(C2C=C(Cl)C=CC2)CC1. The molecule has 23 heavy (non-hydrogen) atoms. The number of carbonyl (C=O) groups is 1. The average molecular weight is 341 g/mol. The first-order valence-electron chi connectivity index (χ1n) is 8.64. The first-order valence-corrected chi connectivity index (χ1v) is 9.01. The quantitative estimate of drug-likeness (QED) is 0.552. The van der Waals surface area contributed by atoms with Crippen molar-refractivity contribution in [1.82, 2.24) is 5.32 Å². The van der Waals surface area contributed by atoms with Gasteiger partial charge in [-0.3, -0.25) is 4.79 Å². The number of hydrogen-bond donors (Lipinski definition) is 2. The minimum absolute atomic E-state index is 0.133. The predicted octanol–water partition coefficient (Wildman–Crippen LogP) is 3.12. The van der Waals surface area contributed by atoms with Gasteiger partial charge in [0.05, 0.1) is 7.11 Å². The van der Waals surface area contributed by atoms with Gasteiger partial charge in [-0.2, -0.15) is 0 Å². The van der Waals surface area contributed by atoms with Crippen LogP contribution >= 0.6 is 11.6 Å². The third kappa shape index (κ3) is 5.07. The number of allylic oxidation sites excluding steroid dienone is 4. The van der Waals surface area contributed by atoms with Crippen LogP contribution in [0.2, 0.25) is 0 Å². The fourth-order valence-corrected chi connectivity index (χ4v) is 4.08. The van der Waals surface area contributed by atoms with E-state index < -0.39 is 0 Å². The van der Waals surface area contributed by atoms with Gasteiger partial charge >= 0.3 is 5.97 Å². The molecule has 0 aliphatic heterocycles. The van der Waals surface area contributed by atoms with Crippen LogP contribution in [0.25, 0.3) is 0 Å². The number of methoxy groups -OCH3 is 1. The van der Waals surface area contributed by atoms with E-state index in [1.807, 2.05) is 6.08 Å². The number of ether oxygens (including phenoxy) is 1. The number of carbonyl (C=O) groups excluding carboxylic acids is 1. The molecule has 0 amide bonds. The highest BCUT2D eigenvalue weighted by Crippen LogP contribution is 2.45. The molecule has 2 aliphatic rings. The number of hydrogen-bond acceptors (Lipinski definition) is 4. The van der Waals surface area contributed by atoms with Crippen molar-refractivity contribution in [2.45, 2.75) is 51.0 Å². The van der Waals surface area contributed by atoms with Crippen LogP contribution in [0, 0.1) is 11.3 Å². The molecule has 1 unspecified atom stereocenters. The molecule has 0 aromatic rings. The molecule has 1 atom stereocenters. The summed E-state index contributed by atoms with van der Waals surface area (Å²) in [5, 5.41) is 4.42. The maximum absolute atomic E-state index is 11.1. The van der Waals surface area contributed by atoms with E-state index in [2.05, 4.69) is 22.2 Å². The Labute approximate surface area is 144 Å². The highest BCUT2D eigenvalue weighted by molar-refractivity contribution is 6.31. The Hall–Kier alpha value is -0.840. The van der Waals surface area contributed by atoms with Crippen molar-refractivity contribution in [2.75, 3.05) is 20.2 Å². The Bertz CT molecular complexity index is 454. The summed E-state index contributed by atoms with van der Waals surface area (Å²) in [5.41, 5.74) is 6.35. The molecule has 0 aromatic heterocycles. The standard InChI is InChI=1S/C18H29ClN2O2/c1-23-17(22)6-3-11-21-16-7-9-18(13-20,10-8-16)14-4-2-5-15(19)12-14/h2,5,12,14,16,21H,3-4,6-11,13,20H2,1H3. The van der Waals surface area contributed by atoms with Gasteiger partial charge in [-0.15, -0.1) is 0 Å². The minimum atomic E-state index is -0.133. The van der Waals surface area contributed by atoms with E-state index in [1.165, 1.54) is 7.11 Å². The normalized spacial score (nSPS) is 30.8. The van der Waals surface area contributed by atoms with E-state index in [9.17, 15) is 4.79 Å². The van der Waals surface area contributed by atoms with Crippen molar-refractivity contribution < 1.29 is 9.53 Å². The molecule has 1 fully saturated rings. The van der Waals surface area contributed by atoms with Crippen molar-refractivity contribution in [3.05, 3.63) is 23.3 Å². The van der Waals surface area contributed by atoms with E-state index in [0.29, 0.717) is 18.4 Å². The molecule has 0 saturated heterocycles. The van der Waals surface area contributed by atoms with Crippen LogP contribution in [0.3, 0.4) is 0 Å². The van der Waals surface area contributed by atoms with Crippen LogP contribution in [0.5, 0.6) is 0 Å². The van der Waals surface area contributed by atoms with E-state index >= 15 is 0 Å². The fourth-order valence-electron chi connectivity index (χ4n) is 3.83. The van der Waals surface area contributed by atoms with Crippen LogP contribution in [0.15, 0.2) is 23.3 Å². The zero-order chi connectivity index (χ0) is 16.7. The summed E-state index contributed by atoms with van der Waals surface area (Å²) in [7, 11) is 1.43. The van der Waals surface area contributed by atoms with Crippen LogP contribution in [-0.2, 0) is 9.53 Å². The Morgan fingerprint density at radius 2 is 2.22 bits per heavy atom. The summed E-state index contributed by atoms with van der Waals surface area (Å²) in [4.78, 5) is 11.1. The molecule has 2 aliphatic carbocycles. The Morgan fingerprint density at radius 3 is 2.83 bits per heavy atom. The van der Waals surface area contributed by atoms with Gasteiger partial charge in [0.15, 0.2) is 0 Å². The average Bonchev–Trinajstić information content (AvgIpc) is 2.59. The second-order valence-electron chi connectivity index (χ2n) is 6.77. The summed E-state index contributed by atoms with van der Waals surface area (Å²) in [6.07, 6.45) is 13.3. The predicted molar refractivity (Wildman–Crippen MR) is 94.2 cm³/mol. The van der Waals surface area contributed by atoms with Crippen LogP contribution < -0.4 is 11.1 Å². The molecule has 3 N–H and O–H groups in total. The molecule has 0 heterocycles. The minimum Gasteiger partial charge on any atom is -0.469 e. The van der Waals surface area contributed by atoms with Crippen LogP contribution in [-0.4, -0.2) is 32.2 Å². The van der Waals surface area contributed by atoms with Gasteiger partial charge in [-0.25, -0.2) is 0 Å². The van der Waals surface area contributed by atoms with Gasteiger partial charge in [0, 0.05) is 17.5 Å². The number of nitrogens with two attached hydrogens (primary N) is 1. The monoisotopic (exact) mass is 340 g/mol. The maximum atomic E-state index is 11.1. The second kappa shape index (κ2) is 8.86. The Morgan fingerprint density at radius 1 is 1.48 bits per heavy atom. The van der Waals surface area contributed by atoms with Gasteiger partial charge in [0.1, 0.15) is 0 Å². The Balaban J connectivity index is 1.77. The molecular weight excluding hydrogens is 312 g/mol. The molecule has 2 rings (SSSR count). The second-order valence-corrected chi connectivity index (χ2v) is 7.21. The number of halogens is 1. The first kappa shape index (κ1) is 18.5. The zero-order valence-corrected chi connectivity index (χ0v) is 14.8. The van der Waals surface area contributed by atoms with Gasteiger partial charge in [-0.05, 0) is 69.0 Å². The largest absolute Gasteiger partial charge is 0.469 e. The molecule has 0 radical (unpaired) electrons. The Kier molecular flexibility index (Phi) is 7.12. The van der Waals surface area contributed by atoms with Gasteiger partial charge in [0.2, 0.25) is 0 Å². The summed E-state index contributed by atoms with van der Waals surface area (Å²) in [6.45, 7) is 1.59. The summed E-state index contributed by atoms with van der Waals surface area (Å²) in [5.74, 6) is 0.330. The molecule has 5 heteroatoms. The lowest BCUT2D eigenvalue weighted by Crippen LogP contribution is -2.45. The lowest BCUT2D eigenvalue weighted by Gasteiger charge is -2.44. The fraction of sp³-hybridized carbons (Fsp3) is 0.722. The van der Waals surface area contributed by atoms with Crippen molar-refractivity contribution in [3.63, 3.8) is 0 Å². The van der Waals surface area contributed by atoms with Crippen molar-refractivity contribution >= 4 is 17.6 Å². The molecule has 130 valence electrons. The van der Waals surface area contributed by atoms with E-state index in [-0.39, 0.29) is 11.4 Å². The highest BCUT2D eigenvalue weighted by atomic mass is 35.5. The lowest BCUT2D eigenvalue weighted by molar-refractivity contribution is -0.140. The smallest absolute Gasteiger partial charge is 0.305 e. The molecule has 0 spiro atoms. The van der Waals surface area contributed by atoms with Gasteiger partial charge < -0.3 is 15.8 Å². The first-order chi connectivity index (χ1) is 11.1. The lowest BCUT2D eigenvalue weighted by atomic mass is 9.63. The maximum Gasteiger partial charge on any atom is 0.305 e. The van der Waals surface area contributed by atoms with E-state index in [0.717, 1.165) is 56.6 Å². The number of esters is 1. The van der Waals surface area contributed by atoms with Crippen molar-refractivity contribution in [2.24, 2.45) is 17.1 Å². The molecule has 0 aromatic carbocycles. The van der Waals surface area contributed by atoms with Crippen molar-refractivity contribution in [3.8, 4) is 0 Å². The molecule has 0 bridgehead atoms. The van der Waals surface area contributed by atoms with Crippen LogP contribution in [0.4, 0.5) is 0 Å². The summed E-state index contributed by atoms with van der Waals surface area (Å²) < 4.78 is 4.66. The van der Waals surface area contributed by atoms with Gasteiger partial charge in [-0.1, -0.05) is 23.8 Å². The zero-order valence-electron chi connectivity index (χ0n) is 14.0. The van der Waals surface area contributed by atoms with E-state index in [4.69, 9.17) is 17.3 Å². The number of rotatable bonds is 7. The van der Waals surface area contributed by atoms with Crippen molar-refractivity contribution in [1.29, 1.82) is 0 Å². The third-order valence-electron chi connectivity index (χ3n) is 5.42. The third-order valence-corrected chi connectivity index (χ3v) is 5.67. The molecule has 4 nitrogen and oxygen atoms in total. The summed E-state index contributed by atoms with van der Waals surface area (Å²) >= 11 is 6.18. The van der Waals surface area contributed by atoms with Crippen LogP contribution in [0.1, 0.15) is 44.9 Å². The molecular formula is C18H29ClN2O2. The topological polar surface area (TPSA) is 64.3 Å². The van der Waals surface area contributed by atoms with E-state index in [1.54, 1.807) is 0 Å².